The Balaban J connectivity index is 2.66. The van der Waals surface area contributed by atoms with E-state index < -0.39 is 11.9 Å². The van der Waals surface area contributed by atoms with Crippen LogP contribution in [0.3, 0.4) is 0 Å². The van der Waals surface area contributed by atoms with Crippen LogP contribution in [0, 0.1) is 0 Å². The van der Waals surface area contributed by atoms with Gasteiger partial charge in [0.05, 0.1) is 6.54 Å². The molecule has 0 saturated heterocycles. The molecule has 1 aromatic rings. The molecule has 0 aliphatic rings. The van der Waals surface area contributed by atoms with Crippen molar-refractivity contribution >= 4 is 11.9 Å². The lowest BCUT2D eigenvalue weighted by atomic mass is 10.4. The summed E-state index contributed by atoms with van der Waals surface area (Å²) in [6.07, 6.45) is -3.53. The Labute approximate surface area is 102 Å². The van der Waals surface area contributed by atoms with Crippen LogP contribution in [0.1, 0.15) is 12.6 Å². The highest BCUT2D eigenvalue weighted by Gasteiger charge is 2.32. The lowest BCUT2D eigenvalue weighted by Crippen LogP contribution is -2.32. The highest BCUT2D eigenvalue weighted by atomic mass is 19.4. The van der Waals surface area contributed by atoms with Gasteiger partial charge in [-0.3, -0.25) is 4.79 Å². The maximum atomic E-state index is 12.4. The van der Waals surface area contributed by atoms with E-state index in [1.54, 1.807) is 14.0 Å². The molecule has 0 aliphatic carbocycles. The van der Waals surface area contributed by atoms with Crippen molar-refractivity contribution in [2.75, 3.05) is 25.5 Å². The molecular weight excluding hydrogens is 249 g/mol. The van der Waals surface area contributed by atoms with Gasteiger partial charge in [0.25, 0.3) is 0 Å². The lowest BCUT2D eigenvalue weighted by molar-refractivity contribution is -0.141. The van der Waals surface area contributed by atoms with Gasteiger partial charge in [0.1, 0.15) is 5.69 Å². The average Bonchev–Trinajstić information content (AvgIpc) is 2.34. The van der Waals surface area contributed by atoms with E-state index in [0.717, 1.165) is 12.3 Å². The van der Waals surface area contributed by atoms with Crippen LogP contribution >= 0.6 is 0 Å². The molecule has 1 rings (SSSR count). The number of carbonyl (C=O) groups excluding carboxylic acids is 1. The Bertz CT molecular complexity index is 422. The van der Waals surface area contributed by atoms with Crippen LogP contribution in [0.5, 0.6) is 0 Å². The van der Waals surface area contributed by atoms with Gasteiger partial charge >= 0.3 is 6.18 Å². The van der Waals surface area contributed by atoms with Gasteiger partial charge in [-0.15, -0.1) is 0 Å². The van der Waals surface area contributed by atoms with Gasteiger partial charge < -0.3 is 10.2 Å². The molecule has 1 N–H and O–H groups in total. The number of hydrogen-bond acceptors (Lipinski definition) is 4. The molecule has 0 atom stereocenters. The largest absolute Gasteiger partial charge is 0.433 e. The van der Waals surface area contributed by atoms with E-state index in [1.807, 2.05) is 0 Å². The molecule has 8 heteroatoms. The molecule has 0 saturated carbocycles. The van der Waals surface area contributed by atoms with E-state index >= 15 is 0 Å². The fourth-order valence-electron chi connectivity index (χ4n) is 1.07. The number of halogens is 3. The van der Waals surface area contributed by atoms with E-state index in [0.29, 0.717) is 6.54 Å². The maximum Gasteiger partial charge on any atom is 0.433 e. The third kappa shape index (κ3) is 3.86. The highest BCUT2D eigenvalue weighted by Crippen LogP contribution is 2.27. The molecule has 0 fully saturated rings. The van der Waals surface area contributed by atoms with E-state index in [4.69, 9.17) is 0 Å². The standard InChI is InChI=1S/C10H13F3N4O/c1-3-17(2)8(18)6-15-9-14-5-4-7(16-9)10(11,12)13/h4-5H,3,6H2,1-2H3,(H,14,15,16). The zero-order valence-corrected chi connectivity index (χ0v) is 9.95. The van der Waals surface area contributed by atoms with Crippen molar-refractivity contribution in [2.45, 2.75) is 13.1 Å². The van der Waals surface area contributed by atoms with Crippen LogP contribution in [0.25, 0.3) is 0 Å². The van der Waals surface area contributed by atoms with E-state index in [-0.39, 0.29) is 18.4 Å². The van der Waals surface area contributed by atoms with Crippen LogP contribution in [0.4, 0.5) is 19.1 Å². The molecule has 1 amide bonds. The molecule has 1 heterocycles. The van der Waals surface area contributed by atoms with Gasteiger partial charge in [-0.05, 0) is 13.0 Å². The molecule has 0 aromatic carbocycles. The third-order valence-corrected chi connectivity index (χ3v) is 2.24. The molecular formula is C10H13F3N4O. The first kappa shape index (κ1) is 14.2. The van der Waals surface area contributed by atoms with Gasteiger partial charge in [-0.2, -0.15) is 13.2 Å². The van der Waals surface area contributed by atoms with E-state index in [2.05, 4.69) is 15.3 Å². The number of nitrogens with one attached hydrogen (secondary N) is 1. The van der Waals surface area contributed by atoms with Crippen molar-refractivity contribution in [1.29, 1.82) is 0 Å². The van der Waals surface area contributed by atoms with Crippen LogP contribution in [-0.2, 0) is 11.0 Å². The molecule has 100 valence electrons. The van der Waals surface area contributed by atoms with Gasteiger partial charge in [0.15, 0.2) is 0 Å². The van der Waals surface area contributed by atoms with Crippen molar-refractivity contribution in [3.05, 3.63) is 18.0 Å². The number of alkyl halides is 3. The zero-order chi connectivity index (χ0) is 13.8. The van der Waals surface area contributed by atoms with E-state index in [9.17, 15) is 18.0 Å². The second-order valence-corrected chi connectivity index (χ2v) is 3.52. The summed E-state index contributed by atoms with van der Waals surface area (Å²) in [5, 5.41) is 2.46. The summed E-state index contributed by atoms with van der Waals surface area (Å²) in [5.74, 6) is -0.471. The van der Waals surface area contributed by atoms with Crippen molar-refractivity contribution in [2.24, 2.45) is 0 Å². The van der Waals surface area contributed by atoms with Crippen LogP contribution in [0.15, 0.2) is 12.3 Å². The molecule has 0 aliphatic heterocycles. The molecule has 18 heavy (non-hydrogen) atoms. The van der Waals surface area contributed by atoms with Crippen LogP contribution < -0.4 is 5.32 Å². The second kappa shape index (κ2) is 5.65. The van der Waals surface area contributed by atoms with Gasteiger partial charge in [-0.25, -0.2) is 9.97 Å². The minimum absolute atomic E-state index is 0.147. The number of rotatable bonds is 4. The number of likely N-dealkylation sites (N-methyl/N-ethyl adjacent to an activating group) is 1. The monoisotopic (exact) mass is 262 g/mol. The van der Waals surface area contributed by atoms with Crippen LogP contribution in [0.2, 0.25) is 0 Å². The molecule has 0 unspecified atom stereocenters. The number of hydrogen-bond donors (Lipinski definition) is 1. The minimum Gasteiger partial charge on any atom is -0.345 e. The maximum absolute atomic E-state index is 12.4. The Morgan fingerprint density at radius 2 is 2.17 bits per heavy atom. The smallest absolute Gasteiger partial charge is 0.345 e. The minimum atomic E-state index is -4.52. The summed E-state index contributed by atoms with van der Waals surface area (Å²) in [7, 11) is 1.59. The SMILES string of the molecule is CCN(C)C(=O)CNc1nccc(C(F)(F)F)n1. The summed E-state index contributed by atoms with van der Waals surface area (Å²) in [6, 6.07) is 0.769. The first-order valence-corrected chi connectivity index (χ1v) is 5.22. The molecule has 1 aromatic heterocycles. The first-order valence-electron chi connectivity index (χ1n) is 5.22. The summed E-state index contributed by atoms with van der Waals surface area (Å²) >= 11 is 0. The summed E-state index contributed by atoms with van der Waals surface area (Å²) in [6.45, 7) is 2.16. The highest BCUT2D eigenvalue weighted by molar-refractivity contribution is 5.80. The normalized spacial score (nSPS) is 11.2. The number of aromatic nitrogens is 2. The molecule has 5 nitrogen and oxygen atoms in total. The summed E-state index contributed by atoms with van der Waals surface area (Å²) in [5.41, 5.74) is -1.05. The van der Waals surface area contributed by atoms with Crippen molar-refractivity contribution < 1.29 is 18.0 Å². The predicted molar refractivity (Wildman–Crippen MR) is 58.8 cm³/mol. The zero-order valence-electron chi connectivity index (χ0n) is 9.95. The molecule has 0 radical (unpaired) electrons. The number of carbonyl (C=O) groups is 1. The molecule has 0 bridgehead atoms. The van der Waals surface area contributed by atoms with Gasteiger partial charge in [-0.1, -0.05) is 0 Å². The number of amides is 1. The topological polar surface area (TPSA) is 58.1 Å². The number of nitrogens with zero attached hydrogens (tertiary/aromatic N) is 3. The van der Waals surface area contributed by atoms with Gasteiger partial charge in [0.2, 0.25) is 11.9 Å². The Morgan fingerprint density at radius 3 is 2.72 bits per heavy atom. The fraction of sp³-hybridized carbons (Fsp3) is 0.500. The first-order chi connectivity index (χ1) is 8.34. The Hall–Kier alpha value is -1.86. The Kier molecular flexibility index (Phi) is 4.46. The average molecular weight is 262 g/mol. The predicted octanol–water partition coefficient (Wildman–Crippen LogP) is 1.39. The third-order valence-electron chi connectivity index (χ3n) is 2.24. The summed E-state index contributed by atoms with van der Waals surface area (Å²) < 4.78 is 37.1. The van der Waals surface area contributed by atoms with E-state index in [1.165, 1.54) is 4.90 Å². The van der Waals surface area contributed by atoms with Gasteiger partial charge in [0, 0.05) is 19.8 Å². The quantitative estimate of drug-likeness (QED) is 0.890. The summed E-state index contributed by atoms with van der Waals surface area (Å²) in [4.78, 5) is 19.7. The molecule has 0 spiro atoms. The lowest BCUT2D eigenvalue weighted by Gasteiger charge is -2.14. The number of anilines is 1. The van der Waals surface area contributed by atoms with Crippen molar-refractivity contribution in [3.63, 3.8) is 0 Å². The second-order valence-electron chi connectivity index (χ2n) is 3.52. The Morgan fingerprint density at radius 1 is 1.50 bits per heavy atom. The van der Waals surface area contributed by atoms with Crippen molar-refractivity contribution in [3.8, 4) is 0 Å². The van der Waals surface area contributed by atoms with Crippen LogP contribution in [-0.4, -0.2) is 40.9 Å². The fourth-order valence-corrected chi connectivity index (χ4v) is 1.07. The van der Waals surface area contributed by atoms with Crippen molar-refractivity contribution in [1.82, 2.24) is 14.9 Å².